The maximum Gasteiger partial charge on any atom is 0.309 e. The van der Waals surface area contributed by atoms with Gasteiger partial charge in [-0.25, -0.2) is 0 Å². The summed E-state index contributed by atoms with van der Waals surface area (Å²) in [4.78, 5) is 11.0. The molecule has 0 saturated carbocycles. The van der Waals surface area contributed by atoms with Crippen molar-refractivity contribution in [1.82, 2.24) is 0 Å². The Balaban J connectivity index is 2.73. The molecular weight excluding hydrogens is 244 g/mol. The summed E-state index contributed by atoms with van der Waals surface area (Å²) < 4.78 is 5.51. The first-order chi connectivity index (χ1) is 8.72. The zero-order valence-corrected chi connectivity index (χ0v) is 11.9. The van der Waals surface area contributed by atoms with Crippen molar-refractivity contribution in [3.8, 4) is 5.75 Å². The summed E-state index contributed by atoms with van der Waals surface area (Å²) in [6, 6.07) is 7.10. The van der Waals surface area contributed by atoms with E-state index in [4.69, 9.17) is 9.84 Å². The fourth-order valence-corrected chi connectivity index (χ4v) is 1.73. The molecule has 4 heteroatoms. The van der Waals surface area contributed by atoms with Crippen molar-refractivity contribution in [3.63, 3.8) is 0 Å². The summed E-state index contributed by atoms with van der Waals surface area (Å²) in [7, 11) is 0. The Morgan fingerprint density at radius 3 is 2.21 bits per heavy atom. The van der Waals surface area contributed by atoms with Crippen LogP contribution in [0.2, 0.25) is 0 Å². The topological polar surface area (TPSA) is 66.8 Å². The van der Waals surface area contributed by atoms with Gasteiger partial charge in [0.05, 0.1) is 17.6 Å². The minimum Gasteiger partial charge on any atom is -0.491 e. The van der Waals surface area contributed by atoms with Gasteiger partial charge in [0, 0.05) is 0 Å². The maximum atomic E-state index is 11.0. The Morgan fingerprint density at radius 1 is 1.26 bits per heavy atom. The molecule has 4 nitrogen and oxygen atoms in total. The molecule has 0 fully saturated rings. The van der Waals surface area contributed by atoms with E-state index in [0.29, 0.717) is 5.56 Å². The highest BCUT2D eigenvalue weighted by molar-refractivity contribution is 5.73. The molecule has 1 unspecified atom stereocenters. The van der Waals surface area contributed by atoms with Crippen LogP contribution < -0.4 is 4.74 Å². The highest BCUT2D eigenvalue weighted by atomic mass is 16.5. The summed E-state index contributed by atoms with van der Waals surface area (Å²) in [5.74, 6) is -0.172. The molecule has 0 bridgehead atoms. The molecule has 1 rings (SSSR count). The van der Waals surface area contributed by atoms with Crippen molar-refractivity contribution >= 4 is 5.97 Å². The number of aliphatic carboxylic acids is 1. The number of carboxylic acid groups (broad SMARTS) is 1. The van der Waals surface area contributed by atoms with Crippen LogP contribution in [0.3, 0.4) is 0 Å². The van der Waals surface area contributed by atoms with Crippen molar-refractivity contribution < 1.29 is 19.7 Å². The number of carboxylic acids is 1. The van der Waals surface area contributed by atoms with E-state index in [9.17, 15) is 9.90 Å². The zero-order chi connectivity index (χ0) is 14.6. The van der Waals surface area contributed by atoms with Crippen LogP contribution in [0.1, 0.15) is 45.8 Å². The van der Waals surface area contributed by atoms with Crippen LogP contribution in [0.15, 0.2) is 24.3 Å². The molecule has 1 aromatic rings. The van der Waals surface area contributed by atoms with Crippen LogP contribution in [-0.4, -0.2) is 22.3 Å². The van der Waals surface area contributed by atoms with Gasteiger partial charge in [-0.1, -0.05) is 12.1 Å². The summed E-state index contributed by atoms with van der Waals surface area (Å²) in [6.45, 7) is 7.10. The predicted octanol–water partition coefficient (Wildman–Crippen LogP) is 3.01. The molecule has 1 atom stereocenters. The molecule has 1 aromatic carbocycles. The van der Waals surface area contributed by atoms with E-state index in [-0.39, 0.29) is 12.5 Å². The highest BCUT2D eigenvalue weighted by Crippen LogP contribution is 2.30. The molecular formula is C15H22O4. The smallest absolute Gasteiger partial charge is 0.309 e. The van der Waals surface area contributed by atoms with E-state index in [0.717, 1.165) is 5.75 Å². The van der Waals surface area contributed by atoms with Gasteiger partial charge in [-0.2, -0.15) is 0 Å². The predicted molar refractivity (Wildman–Crippen MR) is 73.2 cm³/mol. The second kappa shape index (κ2) is 6.06. The van der Waals surface area contributed by atoms with Gasteiger partial charge in [0.1, 0.15) is 5.75 Å². The SMILES string of the molecule is CC(C)Oc1ccc(C(O)CC(C)(C)C(=O)O)cc1. The van der Waals surface area contributed by atoms with Crippen LogP contribution >= 0.6 is 0 Å². The van der Waals surface area contributed by atoms with E-state index < -0.39 is 17.5 Å². The quantitative estimate of drug-likeness (QED) is 0.830. The van der Waals surface area contributed by atoms with Gasteiger partial charge in [0.15, 0.2) is 0 Å². The normalized spacial score (nSPS) is 13.4. The lowest BCUT2D eigenvalue weighted by atomic mass is 9.85. The molecule has 19 heavy (non-hydrogen) atoms. The molecule has 0 saturated heterocycles. The third-order valence-corrected chi connectivity index (χ3v) is 2.92. The zero-order valence-electron chi connectivity index (χ0n) is 11.9. The summed E-state index contributed by atoms with van der Waals surface area (Å²) >= 11 is 0. The van der Waals surface area contributed by atoms with Gasteiger partial charge in [-0.15, -0.1) is 0 Å². The third-order valence-electron chi connectivity index (χ3n) is 2.92. The van der Waals surface area contributed by atoms with E-state index in [2.05, 4.69) is 0 Å². The first-order valence-corrected chi connectivity index (χ1v) is 6.40. The standard InChI is InChI=1S/C15H22O4/c1-10(2)19-12-7-5-11(6-8-12)13(16)9-15(3,4)14(17)18/h5-8,10,13,16H,9H2,1-4H3,(H,17,18). The minimum absolute atomic E-state index is 0.0988. The fourth-order valence-electron chi connectivity index (χ4n) is 1.73. The number of rotatable bonds is 6. The number of hydrogen-bond donors (Lipinski definition) is 2. The first kappa shape index (κ1) is 15.5. The molecule has 0 aromatic heterocycles. The number of hydrogen-bond acceptors (Lipinski definition) is 3. The van der Waals surface area contributed by atoms with Crippen molar-refractivity contribution in [2.75, 3.05) is 0 Å². The van der Waals surface area contributed by atoms with E-state index in [1.807, 2.05) is 13.8 Å². The molecule has 0 aliphatic rings. The van der Waals surface area contributed by atoms with Crippen LogP contribution in [0, 0.1) is 5.41 Å². The van der Waals surface area contributed by atoms with E-state index in [1.165, 1.54) is 0 Å². The van der Waals surface area contributed by atoms with Crippen molar-refractivity contribution in [1.29, 1.82) is 0 Å². The van der Waals surface area contributed by atoms with E-state index in [1.54, 1.807) is 38.1 Å². The molecule has 0 spiro atoms. The first-order valence-electron chi connectivity index (χ1n) is 6.40. The monoisotopic (exact) mass is 266 g/mol. The lowest BCUT2D eigenvalue weighted by Gasteiger charge is -2.23. The molecule has 106 valence electrons. The molecule has 2 N–H and O–H groups in total. The van der Waals surface area contributed by atoms with Gasteiger partial charge in [-0.3, -0.25) is 4.79 Å². The maximum absolute atomic E-state index is 11.0. The summed E-state index contributed by atoms with van der Waals surface area (Å²) in [5, 5.41) is 19.1. The van der Waals surface area contributed by atoms with Gasteiger partial charge in [0.25, 0.3) is 0 Å². The van der Waals surface area contributed by atoms with Crippen molar-refractivity contribution in [2.45, 2.75) is 46.3 Å². The Labute approximate surface area is 114 Å². The minimum atomic E-state index is -0.952. The third kappa shape index (κ3) is 4.56. The molecule has 0 aliphatic carbocycles. The van der Waals surface area contributed by atoms with E-state index >= 15 is 0 Å². The van der Waals surface area contributed by atoms with Crippen LogP contribution in [-0.2, 0) is 4.79 Å². The van der Waals surface area contributed by atoms with Crippen LogP contribution in [0.25, 0.3) is 0 Å². The molecule has 0 heterocycles. The van der Waals surface area contributed by atoms with Gasteiger partial charge in [-0.05, 0) is 51.8 Å². The largest absolute Gasteiger partial charge is 0.491 e. The second-order valence-corrected chi connectivity index (χ2v) is 5.64. The molecule has 0 aliphatic heterocycles. The van der Waals surface area contributed by atoms with Crippen molar-refractivity contribution in [2.24, 2.45) is 5.41 Å². The number of ether oxygens (including phenoxy) is 1. The number of carbonyl (C=O) groups is 1. The van der Waals surface area contributed by atoms with Crippen molar-refractivity contribution in [3.05, 3.63) is 29.8 Å². The highest BCUT2D eigenvalue weighted by Gasteiger charge is 2.30. The second-order valence-electron chi connectivity index (χ2n) is 5.64. The van der Waals surface area contributed by atoms with Crippen LogP contribution in [0.5, 0.6) is 5.75 Å². The Kier molecular flexibility index (Phi) is 4.95. The summed E-state index contributed by atoms with van der Waals surface area (Å²) in [5.41, 5.74) is -0.252. The summed E-state index contributed by atoms with van der Waals surface area (Å²) in [6.07, 6.45) is -0.520. The average molecular weight is 266 g/mol. The Bertz CT molecular complexity index is 420. The van der Waals surface area contributed by atoms with Crippen LogP contribution in [0.4, 0.5) is 0 Å². The van der Waals surface area contributed by atoms with Gasteiger partial charge >= 0.3 is 5.97 Å². The van der Waals surface area contributed by atoms with Gasteiger partial charge in [0.2, 0.25) is 0 Å². The number of aliphatic hydroxyl groups is 1. The Morgan fingerprint density at radius 2 is 1.79 bits per heavy atom. The number of benzene rings is 1. The molecule has 0 radical (unpaired) electrons. The van der Waals surface area contributed by atoms with Gasteiger partial charge < -0.3 is 14.9 Å². The molecule has 0 amide bonds. The number of aliphatic hydroxyl groups excluding tert-OH is 1. The average Bonchev–Trinajstić information content (AvgIpc) is 2.28. The lowest BCUT2D eigenvalue weighted by Crippen LogP contribution is -2.26. The fraction of sp³-hybridized carbons (Fsp3) is 0.533. The lowest BCUT2D eigenvalue weighted by molar-refractivity contribution is -0.148. The Hall–Kier alpha value is -1.55.